The number of fused-ring (bicyclic) bond motifs is 1. The van der Waals surface area contributed by atoms with E-state index in [1.54, 1.807) is 0 Å². The molecule has 1 spiro atoms. The van der Waals surface area contributed by atoms with Crippen LogP contribution in [0.4, 0.5) is 0 Å². The molecule has 3 rings (SSSR count). The fraction of sp³-hybridized carbons (Fsp3) is 0.600. The second-order valence-corrected chi connectivity index (χ2v) is 9.87. The van der Waals surface area contributed by atoms with Gasteiger partial charge in [0, 0.05) is 57.9 Å². The molecule has 0 saturated carbocycles. The molecule has 2 heterocycles. The molecule has 1 aromatic rings. The van der Waals surface area contributed by atoms with Gasteiger partial charge < -0.3 is 15.0 Å². The van der Waals surface area contributed by atoms with E-state index in [1.165, 1.54) is 17.5 Å². The number of carbonyl (C=O) groups is 2. The summed E-state index contributed by atoms with van der Waals surface area (Å²) in [5.41, 5.74) is 0.217. The minimum absolute atomic E-state index is 0.0548. The molecule has 160 valence electrons. The lowest BCUT2D eigenvalue weighted by Crippen LogP contribution is -2.55. The Morgan fingerprint density at radius 3 is 2.55 bits per heavy atom. The van der Waals surface area contributed by atoms with Gasteiger partial charge in [-0.25, -0.2) is 8.42 Å². The molecular weight excluding hydrogens is 394 g/mol. The minimum Gasteiger partial charge on any atom is -0.485 e. The van der Waals surface area contributed by atoms with E-state index in [0.717, 1.165) is 5.56 Å². The first-order chi connectivity index (χ1) is 13.7. The Morgan fingerprint density at radius 2 is 1.90 bits per heavy atom. The molecule has 2 aliphatic rings. The highest BCUT2D eigenvalue weighted by atomic mass is 32.2. The van der Waals surface area contributed by atoms with Crippen molar-refractivity contribution in [2.24, 2.45) is 0 Å². The number of carbonyl (C=O) groups excluding carboxylic acids is 2. The van der Waals surface area contributed by atoms with Crippen LogP contribution in [0.3, 0.4) is 0 Å². The van der Waals surface area contributed by atoms with Gasteiger partial charge >= 0.3 is 0 Å². The lowest BCUT2D eigenvalue weighted by atomic mass is 9.90. The molecule has 0 radical (unpaired) electrons. The van der Waals surface area contributed by atoms with Gasteiger partial charge in [-0.2, -0.15) is 4.31 Å². The van der Waals surface area contributed by atoms with Gasteiger partial charge in [0.15, 0.2) is 0 Å². The molecule has 0 atom stereocenters. The van der Waals surface area contributed by atoms with Crippen LogP contribution in [0.5, 0.6) is 5.75 Å². The summed E-state index contributed by atoms with van der Waals surface area (Å²) >= 11 is 0. The van der Waals surface area contributed by atoms with Gasteiger partial charge in [0.25, 0.3) is 0 Å². The van der Waals surface area contributed by atoms with Crippen molar-refractivity contribution in [3.8, 4) is 5.75 Å². The summed E-state index contributed by atoms with van der Waals surface area (Å²) in [4.78, 5) is 25.2. The molecule has 1 aromatic carbocycles. The van der Waals surface area contributed by atoms with Gasteiger partial charge in [-0.3, -0.25) is 9.59 Å². The number of hydrogen-bond donors (Lipinski definition) is 1. The van der Waals surface area contributed by atoms with Crippen LogP contribution in [0.25, 0.3) is 0 Å². The summed E-state index contributed by atoms with van der Waals surface area (Å²) in [6, 6.07) is 7.53. The van der Waals surface area contributed by atoms with Crippen LogP contribution in [0.1, 0.15) is 38.2 Å². The van der Waals surface area contributed by atoms with E-state index in [-0.39, 0.29) is 18.4 Å². The number of rotatable bonds is 5. The molecule has 0 aromatic heterocycles. The molecule has 2 amide bonds. The summed E-state index contributed by atoms with van der Waals surface area (Å²) < 4.78 is 32.5. The van der Waals surface area contributed by atoms with Crippen molar-refractivity contribution < 1.29 is 22.7 Å². The van der Waals surface area contributed by atoms with Gasteiger partial charge in [0.1, 0.15) is 11.4 Å². The van der Waals surface area contributed by atoms with Gasteiger partial charge in [0.2, 0.25) is 21.8 Å². The van der Waals surface area contributed by atoms with Crippen molar-refractivity contribution in [1.29, 1.82) is 0 Å². The normalized spacial score (nSPS) is 19.2. The molecule has 1 saturated heterocycles. The third-order valence-electron chi connectivity index (χ3n) is 5.55. The number of piperidine rings is 1. The van der Waals surface area contributed by atoms with Crippen LogP contribution >= 0.6 is 0 Å². The number of likely N-dealkylation sites (tertiary alicyclic amines) is 1. The smallest absolute Gasteiger partial charge is 0.222 e. The third kappa shape index (κ3) is 5.48. The molecular formula is C20H29N3O5S. The van der Waals surface area contributed by atoms with E-state index in [1.807, 2.05) is 29.2 Å². The van der Waals surface area contributed by atoms with E-state index in [9.17, 15) is 18.0 Å². The standard InChI is InChI=1S/C20H29N3O5S/c1-16(24)21-11-5-8-19(25)22-12-9-20(10-13-22)15-23(29(2,26)27)14-17-6-3-4-7-18(17)28-20/h3-4,6-7H,5,8-15H2,1-2H3,(H,21,24). The van der Waals surface area contributed by atoms with Crippen molar-refractivity contribution in [2.45, 2.75) is 44.8 Å². The third-order valence-corrected chi connectivity index (χ3v) is 6.74. The second kappa shape index (κ2) is 8.71. The molecule has 9 heteroatoms. The maximum absolute atomic E-state index is 12.5. The number of amides is 2. The highest BCUT2D eigenvalue weighted by molar-refractivity contribution is 7.88. The van der Waals surface area contributed by atoms with Crippen LogP contribution in [0.15, 0.2) is 24.3 Å². The van der Waals surface area contributed by atoms with E-state index in [0.29, 0.717) is 57.6 Å². The summed E-state index contributed by atoms with van der Waals surface area (Å²) in [6.45, 7) is 3.57. The van der Waals surface area contributed by atoms with Gasteiger partial charge in [-0.15, -0.1) is 0 Å². The predicted octanol–water partition coefficient (Wildman–Crippen LogP) is 1.12. The summed E-state index contributed by atoms with van der Waals surface area (Å²) in [5, 5.41) is 2.69. The molecule has 2 aliphatic heterocycles. The van der Waals surface area contributed by atoms with Crippen molar-refractivity contribution in [3.05, 3.63) is 29.8 Å². The number of ether oxygens (including phenoxy) is 1. The van der Waals surface area contributed by atoms with Gasteiger partial charge in [-0.05, 0) is 12.5 Å². The lowest BCUT2D eigenvalue weighted by molar-refractivity contribution is -0.135. The first kappa shape index (κ1) is 21.6. The van der Waals surface area contributed by atoms with Crippen molar-refractivity contribution in [2.75, 3.05) is 32.4 Å². The second-order valence-electron chi connectivity index (χ2n) is 7.89. The van der Waals surface area contributed by atoms with Crippen molar-refractivity contribution >= 4 is 21.8 Å². The monoisotopic (exact) mass is 423 g/mol. The summed E-state index contributed by atoms with van der Waals surface area (Å²) in [7, 11) is -3.38. The van der Waals surface area contributed by atoms with Crippen molar-refractivity contribution in [1.82, 2.24) is 14.5 Å². The van der Waals surface area contributed by atoms with E-state index >= 15 is 0 Å². The number of nitrogens with zero attached hydrogens (tertiary/aromatic N) is 2. The SMILES string of the molecule is CC(=O)NCCCC(=O)N1CCC2(CC1)CN(S(C)(=O)=O)Cc1ccccc1O2. The van der Waals surface area contributed by atoms with Gasteiger partial charge in [0.05, 0.1) is 12.8 Å². The number of sulfonamides is 1. The first-order valence-corrected chi connectivity index (χ1v) is 11.8. The first-order valence-electron chi connectivity index (χ1n) is 9.93. The number of hydrogen-bond acceptors (Lipinski definition) is 5. The van der Waals surface area contributed by atoms with E-state index < -0.39 is 15.6 Å². The largest absolute Gasteiger partial charge is 0.485 e. The Hall–Kier alpha value is -2.13. The van der Waals surface area contributed by atoms with Crippen LogP contribution in [0, 0.1) is 0 Å². The number of para-hydroxylation sites is 1. The number of benzene rings is 1. The Bertz CT molecular complexity index is 863. The maximum atomic E-state index is 12.5. The topological polar surface area (TPSA) is 96.0 Å². The summed E-state index contributed by atoms with van der Waals surface area (Å²) in [5.74, 6) is 0.673. The maximum Gasteiger partial charge on any atom is 0.222 e. The fourth-order valence-corrected chi connectivity index (χ4v) is 4.73. The average molecular weight is 424 g/mol. The van der Waals surface area contributed by atoms with E-state index in [4.69, 9.17) is 4.74 Å². The lowest BCUT2D eigenvalue weighted by Gasteiger charge is -2.42. The molecule has 29 heavy (non-hydrogen) atoms. The summed E-state index contributed by atoms with van der Waals surface area (Å²) in [6.07, 6.45) is 3.36. The van der Waals surface area contributed by atoms with E-state index in [2.05, 4.69) is 5.32 Å². The highest BCUT2D eigenvalue weighted by Gasteiger charge is 2.43. The molecule has 0 unspecified atom stereocenters. The van der Waals surface area contributed by atoms with Crippen molar-refractivity contribution in [3.63, 3.8) is 0 Å². The Kier molecular flexibility index (Phi) is 6.48. The Morgan fingerprint density at radius 1 is 1.21 bits per heavy atom. The Labute approximate surface area is 172 Å². The predicted molar refractivity (Wildman–Crippen MR) is 109 cm³/mol. The molecule has 0 aliphatic carbocycles. The fourth-order valence-electron chi connectivity index (χ4n) is 3.89. The number of nitrogens with one attached hydrogen (secondary N) is 1. The van der Waals surface area contributed by atoms with Crippen LogP contribution < -0.4 is 10.1 Å². The average Bonchev–Trinajstić information content (AvgIpc) is 2.82. The highest BCUT2D eigenvalue weighted by Crippen LogP contribution is 2.36. The van der Waals surface area contributed by atoms with Crippen LogP contribution in [-0.2, 0) is 26.2 Å². The van der Waals surface area contributed by atoms with Gasteiger partial charge in [-0.1, -0.05) is 18.2 Å². The quantitative estimate of drug-likeness (QED) is 0.716. The van der Waals surface area contributed by atoms with Crippen LogP contribution in [-0.4, -0.2) is 67.5 Å². The van der Waals surface area contributed by atoms with Crippen LogP contribution in [0.2, 0.25) is 0 Å². The zero-order valence-corrected chi connectivity index (χ0v) is 17.8. The zero-order chi connectivity index (χ0) is 21.1. The molecule has 1 N–H and O–H groups in total. The molecule has 0 bridgehead atoms. The minimum atomic E-state index is -3.38. The molecule has 8 nitrogen and oxygen atoms in total. The Balaban J connectivity index is 1.66. The zero-order valence-electron chi connectivity index (χ0n) is 17.0. The molecule has 1 fully saturated rings.